The largest absolute Gasteiger partial charge is 0.313 e. The molecule has 2 atom stereocenters. The van der Waals surface area contributed by atoms with E-state index in [-0.39, 0.29) is 0 Å². The van der Waals surface area contributed by atoms with Gasteiger partial charge in [0.25, 0.3) is 0 Å². The molecule has 1 N–H and O–H groups in total. The molecule has 0 saturated heterocycles. The lowest BCUT2D eigenvalue weighted by atomic mass is 9.93. The van der Waals surface area contributed by atoms with Crippen molar-refractivity contribution in [1.29, 1.82) is 0 Å². The van der Waals surface area contributed by atoms with E-state index in [0.717, 1.165) is 17.9 Å². The van der Waals surface area contributed by atoms with Crippen molar-refractivity contribution in [1.82, 2.24) is 5.32 Å². The normalized spacial score (nSPS) is 15.9. The van der Waals surface area contributed by atoms with Gasteiger partial charge in [-0.1, -0.05) is 47.5 Å². The molecule has 2 unspecified atom stereocenters. The Bertz CT molecular complexity index is 120. The molecule has 1 heteroatoms. The first-order chi connectivity index (χ1) is 6.61. The summed E-state index contributed by atoms with van der Waals surface area (Å²) in [5.41, 5.74) is 0. The van der Waals surface area contributed by atoms with Crippen LogP contribution < -0.4 is 5.32 Å². The van der Waals surface area contributed by atoms with E-state index in [1.165, 1.54) is 32.2 Å². The molecule has 0 rings (SSSR count). The highest BCUT2D eigenvalue weighted by atomic mass is 14.9. The van der Waals surface area contributed by atoms with Crippen molar-refractivity contribution in [2.45, 2.75) is 66.3 Å². The van der Waals surface area contributed by atoms with Crippen LogP contribution in [0.2, 0.25) is 0 Å². The summed E-state index contributed by atoms with van der Waals surface area (Å²) in [7, 11) is 0. The van der Waals surface area contributed by atoms with Crippen LogP contribution in [0.25, 0.3) is 0 Å². The molecule has 0 aliphatic carbocycles. The molecule has 0 aliphatic heterocycles. The second kappa shape index (κ2) is 8.28. The van der Waals surface area contributed by atoms with Gasteiger partial charge < -0.3 is 5.32 Å². The van der Waals surface area contributed by atoms with Gasteiger partial charge in [-0.3, -0.25) is 0 Å². The minimum Gasteiger partial charge on any atom is -0.313 e. The van der Waals surface area contributed by atoms with Crippen LogP contribution in [0.15, 0.2) is 0 Å². The third-order valence-electron chi connectivity index (χ3n) is 2.82. The Labute approximate surface area is 90.7 Å². The molecule has 0 aliphatic rings. The number of rotatable bonds is 8. The maximum Gasteiger partial charge on any atom is 0.00926 e. The minimum atomic E-state index is 0.738. The summed E-state index contributed by atoms with van der Waals surface area (Å²) in [6, 6.07) is 0.738. The first-order valence-electron chi connectivity index (χ1n) is 6.35. The van der Waals surface area contributed by atoms with E-state index in [9.17, 15) is 0 Å². The molecule has 0 fully saturated rings. The fourth-order valence-electron chi connectivity index (χ4n) is 1.94. The van der Waals surface area contributed by atoms with Crippen LogP contribution in [0.3, 0.4) is 0 Å². The summed E-state index contributed by atoms with van der Waals surface area (Å²) in [4.78, 5) is 0. The Kier molecular flexibility index (Phi) is 8.26. The molecule has 0 bridgehead atoms. The van der Waals surface area contributed by atoms with E-state index in [4.69, 9.17) is 0 Å². The van der Waals surface area contributed by atoms with E-state index in [0.29, 0.717) is 0 Å². The highest BCUT2D eigenvalue weighted by Crippen LogP contribution is 2.15. The molecule has 0 amide bonds. The van der Waals surface area contributed by atoms with Crippen molar-refractivity contribution in [2.75, 3.05) is 6.54 Å². The van der Waals surface area contributed by atoms with Crippen LogP contribution in [-0.4, -0.2) is 12.6 Å². The standard InChI is InChI=1S/C13H29N/c1-6-8-12(5)13(9-7-2)14-10-11(3)4/h11-14H,6-10H2,1-5H3. The smallest absolute Gasteiger partial charge is 0.00926 e. The first kappa shape index (κ1) is 14.0. The van der Waals surface area contributed by atoms with Crippen molar-refractivity contribution in [2.24, 2.45) is 11.8 Å². The molecular weight excluding hydrogens is 170 g/mol. The zero-order valence-corrected chi connectivity index (χ0v) is 10.8. The fourth-order valence-corrected chi connectivity index (χ4v) is 1.94. The zero-order chi connectivity index (χ0) is 11.0. The van der Waals surface area contributed by atoms with Crippen LogP contribution in [0.4, 0.5) is 0 Å². The summed E-state index contributed by atoms with van der Waals surface area (Å²) < 4.78 is 0. The predicted molar refractivity (Wildman–Crippen MR) is 65.6 cm³/mol. The average molecular weight is 199 g/mol. The Hall–Kier alpha value is -0.0400. The molecule has 0 saturated carbocycles. The second-order valence-electron chi connectivity index (χ2n) is 4.96. The van der Waals surface area contributed by atoms with Gasteiger partial charge in [0.05, 0.1) is 0 Å². The average Bonchev–Trinajstić information content (AvgIpc) is 2.12. The van der Waals surface area contributed by atoms with Gasteiger partial charge in [-0.05, 0) is 31.2 Å². The van der Waals surface area contributed by atoms with Crippen LogP contribution in [-0.2, 0) is 0 Å². The van der Waals surface area contributed by atoms with E-state index in [2.05, 4.69) is 39.9 Å². The van der Waals surface area contributed by atoms with E-state index in [1.807, 2.05) is 0 Å². The van der Waals surface area contributed by atoms with E-state index >= 15 is 0 Å². The van der Waals surface area contributed by atoms with Gasteiger partial charge in [0.15, 0.2) is 0 Å². The van der Waals surface area contributed by atoms with Gasteiger partial charge in [-0.15, -0.1) is 0 Å². The van der Waals surface area contributed by atoms with Gasteiger partial charge >= 0.3 is 0 Å². The van der Waals surface area contributed by atoms with Gasteiger partial charge in [0.1, 0.15) is 0 Å². The molecule has 0 aromatic carbocycles. The van der Waals surface area contributed by atoms with E-state index < -0.39 is 0 Å². The molecule has 0 spiro atoms. The van der Waals surface area contributed by atoms with Crippen LogP contribution in [0.5, 0.6) is 0 Å². The SMILES string of the molecule is CCCC(C)C(CCC)NCC(C)C. The first-order valence-corrected chi connectivity index (χ1v) is 6.35. The molecule has 86 valence electrons. The van der Waals surface area contributed by atoms with Crippen molar-refractivity contribution in [3.05, 3.63) is 0 Å². The van der Waals surface area contributed by atoms with Crippen LogP contribution in [0.1, 0.15) is 60.3 Å². The molecule has 1 nitrogen and oxygen atoms in total. The summed E-state index contributed by atoms with van der Waals surface area (Å²) in [5, 5.41) is 3.70. The molecule has 14 heavy (non-hydrogen) atoms. The summed E-state index contributed by atoms with van der Waals surface area (Å²) >= 11 is 0. The molecule has 0 radical (unpaired) electrons. The van der Waals surface area contributed by atoms with Crippen molar-refractivity contribution < 1.29 is 0 Å². The van der Waals surface area contributed by atoms with E-state index in [1.54, 1.807) is 0 Å². The summed E-state index contributed by atoms with van der Waals surface area (Å²) in [6.07, 6.45) is 5.29. The fraction of sp³-hybridized carbons (Fsp3) is 1.00. The third kappa shape index (κ3) is 6.42. The Morgan fingerprint density at radius 3 is 1.93 bits per heavy atom. The topological polar surface area (TPSA) is 12.0 Å². The molecule has 0 aromatic heterocycles. The van der Waals surface area contributed by atoms with Gasteiger partial charge in [0.2, 0.25) is 0 Å². The number of hydrogen-bond donors (Lipinski definition) is 1. The Balaban J connectivity index is 3.86. The third-order valence-corrected chi connectivity index (χ3v) is 2.82. The minimum absolute atomic E-state index is 0.738. The Morgan fingerprint density at radius 1 is 0.929 bits per heavy atom. The van der Waals surface area contributed by atoms with Crippen molar-refractivity contribution >= 4 is 0 Å². The molecule has 0 heterocycles. The molecular formula is C13H29N. The zero-order valence-electron chi connectivity index (χ0n) is 10.8. The number of hydrogen-bond acceptors (Lipinski definition) is 1. The lowest BCUT2D eigenvalue weighted by molar-refractivity contribution is 0.322. The second-order valence-corrected chi connectivity index (χ2v) is 4.96. The summed E-state index contributed by atoms with van der Waals surface area (Å²) in [5.74, 6) is 1.60. The quantitative estimate of drug-likeness (QED) is 0.626. The number of nitrogens with one attached hydrogen (secondary N) is 1. The monoisotopic (exact) mass is 199 g/mol. The van der Waals surface area contributed by atoms with Crippen molar-refractivity contribution in [3.8, 4) is 0 Å². The highest BCUT2D eigenvalue weighted by molar-refractivity contribution is 4.73. The molecule has 0 aromatic rings. The van der Waals surface area contributed by atoms with Gasteiger partial charge in [-0.25, -0.2) is 0 Å². The predicted octanol–water partition coefficient (Wildman–Crippen LogP) is 3.84. The summed E-state index contributed by atoms with van der Waals surface area (Å²) in [6.45, 7) is 12.7. The van der Waals surface area contributed by atoms with Crippen molar-refractivity contribution in [3.63, 3.8) is 0 Å². The van der Waals surface area contributed by atoms with Crippen LogP contribution >= 0.6 is 0 Å². The maximum absolute atomic E-state index is 3.70. The lowest BCUT2D eigenvalue weighted by Gasteiger charge is -2.25. The van der Waals surface area contributed by atoms with Gasteiger partial charge in [-0.2, -0.15) is 0 Å². The van der Waals surface area contributed by atoms with Gasteiger partial charge in [0, 0.05) is 6.04 Å². The maximum atomic E-state index is 3.70. The van der Waals surface area contributed by atoms with Crippen LogP contribution in [0, 0.1) is 11.8 Å². The highest BCUT2D eigenvalue weighted by Gasteiger charge is 2.14. The Morgan fingerprint density at radius 2 is 1.50 bits per heavy atom. The lowest BCUT2D eigenvalue weighted by Crippen LogP contribution is -2.37.